The molecule has 2 aromatic carbocycles. The average Bonchev–Trinajstić information content (AvgIpc) is 3.14. The number of nitrogens with zero attached hydrogens (tertiary/aromatic N) is 4. The molecule has 6 nitrogen and oxygen atoms in total. The molecule has 3 aromatic rings. The third-order valence-corrected chi connectivity index (χ3v) is 7.35. The second-order valence-electron chi connectivity index (χ2n) is 9.39. The summed E-state index contributed by atoms with van der Waals surface area (Å²) in [4.78, 5) is 17.9. The van der Waals surface area contributed by atoms with Crippen LogP contribution in [0, 0.1) is 0 Å². The van der Waals surface area contributed by atoms with Gasteiger partial charge in [-0.3, -0.25) is 14.0 Å². The Labute approximate surface area is 196 Å². The summed E-state index contributed by atoms with van der Waals surface area (Å²) in [5.74, 6) is 0.964. The number of piperazine rings is 1. The van der Waals surface area contributed by atoms with E-state index in [1.807, 2.05) is 21.3 Å². The monoisotopic (exact) mass is 448 g/mol. The Balaban J connectivity index is 1.05. The third kappa shape index (κ3) is 4.54. The van der Waals surface area contributed by atoms with Gasteiger partial charge in [0, 0.05) is 39.3 Å². The van der Waals surface area contributed by atoms with Crippen molar-refractivity contribution in [3.05, 3.63) is 58.5 Å². The van der Waals surface area contributed by atoms with E-state index in [0.29, 0.717) is 0 Å². The molecule has 6 heteroatoms. The van der Waals surface area contributed by atoms with Crippen LogP contribution in [0.2, 0.25) is 0 Å². The highest BCUT2D eigenvalue weighted by molar-refractivity contribution is 5.80. The molecule has 176 valence electrons. The van der Waals surface area contributed by atoms with Crippen molar-refractivity contribution in [3.63, 3.8) is 0 Å². The number of aryl methyl sites for hydroxylation is 3. The standard InChI is InChI=1S/C27H36N4O2/c1-33-25-14-5-4-12-23(25)29-20-18-28(19-21-29)15-6-2-3-7-16-30-24-13-8-10-22-11-9-17-31(26(22)24)27(30)32/h4-5,8,10,12-14H,2-3,6-7,9,11,15-21H2,1H3. The largest absolute Gasteiger partial charge is 0.495 e. The zero-order valence-electron chi connectivity index (χ0n) is 19.8. The number of ether oxygens (including phenoxy) is 1. The average molecular weight is 449 g/mol. The molecule has 1 saturated heterocycles. The predicted octanol–water partition coefficient (Wildman–Crippen LogP) is 4.14. The van der Waals surface area contributed by atoms with Gasteiger partial charge < -0.3 is 9.64 Å². The van der Waals surface area contributed by atoms with E-state index >= 15 is 0 Å². The summed E-state index contributed by atoms with van der Waals surface area (Å²) in [7, 11) is 1.75. The summed E-state index contributed by atoms with van der Waals surface area (Å²) >= 11 is 0. The summed E-state index contributed by atoms with van der Waals surface area (Å²) in [6.45, 7) is 7.19. The lowest BCUT2D eigenvalue weighted by Gasteiger charge is -2.36. The predicted molar refractivity (Wildman–Crippen MR) is 135 cm³/mol. The maximum atomic E-state index is 12.9. The van der Waals surface area contributed by atoms with Crippen LogP contribution in [0.25, 0.3) is 11.0 Å². The van der Waals surface area contributed by atoms with Crippen LogP contribution >= 0.6 is 0 Å². The first-order valence-corrected chi connectivity index (χ1v) is 12.6. The van der Waals surface area contributed by atoms with Crippen LogP contribution in [-0.2, 0) is 19.5 Å². The first kappa shape index (κ1) is 22.1. The van der Waals surface area contributed by atoms with Gasteiger partial charge in [-0.15, -0.1) is 0 Å². The van der Waals surface area contributed by atoms with Crippen molar-refractivity contribution in [2.45, 2.75) is 51.6 Å². The van der Waals surface area contributed by atoms with Crippen LogP contribution in [0.15, 0.2) is 47.3 Å². The number of rotatable bonds is 9. The summed E-state index contributed by atoms with van der Waals surface area (Å²) in [6, 6.07) is 14.7. The minimum atomic E-state index is 0.185. The summed E-state index contributed by atoms with van der Waals surface area (Å²) < 4.78 is 9.54. The fraction of sp³-hybridized carbons (Fsp3) is 0.519. The maximum Gasteiger partial charge on any atom is 0.329 e. The van der Waals surface area contributed by atoms with Crippen molar-refractivity contribution in [1.82, 2.24) is 14.0 Å². The first-order valence-electron chi connectivity index (χ1n) is 12.6. The van der Waals surface area contributed by atoms with Crippen LogP contribution in [0.4, 0.5) is 5.69 Å². The molecule has 5 rings (SSSR count). The molecule has 0 bridgehead atoms. The van der Waals surface area contributed by atoms with Gasteiger partial charge in [-0.25, -0.2) is 4.79 Å². The normalized spacial score (nSPS) is 16.5. The third-order valence-electron chi connectivity index (χ3n) is 7.35. The Bertz CT molecular complexity index is 1140. The van der Waals surface area contributed by atoms with Gasteiger partial charge in [-0.05, 0) is 56.0 Å². The molecule has 0 unspecified atom stereocenters. The van der Waals surface area contributed by atoms with E-state index in [4.69, 9.17) is 4.74 Å². The van der Waals surface area contributed by atoms with Crippen molar-refractivity contribution >= 4 is 16.7 Å². The van der Waals surface area contributed by atoms with Gasteiger partial charge in [-0.2, -0.15) is 0 Å². The smallest absolute Gasteiger partial charge is 0.329 e. The molecule has 0 amide bonds. The lowest BCUT2D eigenvalue weighted by Crippen LogP contribution is -2.46. The van der Waals surface area contributed by atoms with E-state index in [-0.39, 0.29) is 5.69 Å². The molecule has 1 fully saturated rings. The number of hydrogen-bond acceptors (Lipinski definition) is 4. The number of imidazole rings is 1. The van der Waals surface area contributed by atoms with Crippen LogP contribution < -0.4 is 15.3 Å². The summed E-state index contributed by atoms with van der Waals surface area (Å²) in [5, 5.41) is 0. The van der Waals surface area contributed by atoms with E-state index < -0.39 is 0 Å². The molecule has 1 aromatic heterocycles. The number of para-hydroxylation sites is 3. The summed E-state index contributed by atoms with van der Waals surface area (Å²) in [5.41, 5.74) is 5.04. The van der Waals surface area contributed by atoms with Gasteiger partial charge in [0.05, 0.1) is 23.8 Å². The number of anilines is 1. The number of methoxy groups -OCH3 is 1. The summed E-state index contributed by atoms with van der Waals surface area (Å²) in [6.07, 6.45) is 6.88. The molecule has 0 atom stereocenters. The SMILES string of the molecule is COc1ccccc1N1CCN(CCCCCCn2c(=O)n3c4c(cccc42)CCC3)CC1. The van der Waals surface area contributed by atoms with Gasteiger partial charge in [0.2, 0.25) is 0 Å². The van der Waals surface area contributed by atoms with Gasteiger partial charge in [0.25, 0.3) is 0 Å². The fourth-order valence-electron chi connectivity index (χ4n) is 5.57. The highest BCUT2D eigenvalue weighted by Crippen LogP contribution is 2.28. The lowest BCUT2D eigenvalue weighted by molar-refractivity contribution is 0.251. The minimum absolute atomic E-state index is 0.185. The topological polar surface area (TPSA) is 42.6 Å². The Hall–Kier alpha value is -2.73. The van der Waals surface area contributed by atoms with Gasteiger partial charge in [0.15, 0.2) is 0 Å². The van der Waals surface area contributed by atoms with E-state index in [0.717, 1.165) is 69.8 Å². The van der Waals surface area contributed by atoms with Crippen molar-refractivity contribution in [3.8, 4) is 5.75 Å². The van der Waals surface area contributed by atoms with Crippen LogP contribution in [0.3, 0.4) is 0 Å². The lowest BCUT2D eigenvalue weighted by atomic mass is 10.0. The van der Waals surface area contributed by atoms with Crippen molar-refractivity contribution in [2.75, 3.05) is 44.7 Å². The fourth-order valence-corrected chi connectivity index (χ4v) is 5.57. The van der Waals surface area contributed by atoms with E-state index in [1.165, 1.54) is 42.6 Å². The Kier molecular flexibility index (Phi) is 6.72. The van der Waals surface area contributed by atoms with Crippen molar-refractivity contribution in [1.29, 1.82) is 0 Å². The molecular formula is C27H36N4O2. The van der Waals surface area contributed by atoms with Crippen LogP contribution in [0.5, 0.6) is 5.75 Å². The molecule has 0 aliphatic carbocycles. The van der Waals surface area contributed by atoms with Gasteiger partial charge in [0.1, 0.15) is 5.75 Å². The van der Waals surface area contributed by atoms with E-state index in [1.54, 1.807) is 7.11 Å². The molecule has 2 aliphatic rings. The Morgan fingerprint density at radius 1 is 0.848 bits per heavy atom. The molecule has 2 aliphatic heterocycles. The van der Waals surface area contributed by atoms with Crippen molar-refractivity contribution < 1.29 is 4.74 Å². The van der Waals surface area contributed by atoms with Crippen molar-refractivity contribution in [2.24, 2.45) is 0 Å². The van der Waals surface area contributed by atoms with Gasteiger partial charge >= 0.3 is 5.69 Å². The molecule has 0 radical (unpaired) electrons. The van der Waals surface area contributed by atoms with E-state index in [2.05, 4.69) is 40.1 Å². The highest BCUT2D eigenvalue weighted by atomic mass is 16.5. The van der Waals surface area contributed by atoms with Crippen LogP contribution in [0.1, 0.15) is 37.7 Å². The molecule has 0 N–H and O–H groups in total. The zero-order chi connectivity index (χ0) is 22.6. The first-order chi connectivity index (χ1) is 16.3. The molecule has 0 saturated carbocycles. The second kappa shape index (κ2) is 10.0. The number of benzene rings is 2. The van der Waals surface area contributed by atoms with Gasteiger partial charge in [-0.1, -0.05) is 37.1 Å². The number of hydrogen-bond donors (Lipinski definition) is 0. The number of unbranched alkanes of at least 4 members (excludes halogenated alkanes) is 3. The quantitative estimate of drug-likeness (QED) is 0.462. The number of aromatic nitrogens is 2. The van der Waals surface area contributed by atoms with E-state index in [9.17, 15) is 4.79 Å². The molecular weight excluding hydrogens is 412 g/mol. The Morgan fingerprint density at radius 3 is 2.45 bits per heavy atom. The zero-order valence-corrected chi connectivity index (χ0v) is 19.8. The molecule has 3 heterocycles. The maximum absolute atomic E-state index is 12.9. The molecule has 0 spiro atoms. The molecule has 33 heavy (non-hydrogen) atoms. The highest BCUT2D eigenvalue weighted by Gasteiger charge is 2.20. The second-order valence-corrected chi connectivity index (χ2v) is 9.39. The minimum Gasteiger partial charge on any atom is -0.495 e. The van der Waals surface area contributed by atoms with Crippen LogP contribution in [-0.4, -0.2) is 53.9 Å². The Morgan fingerprint density at radius 2 is 1.64 bits per heavy atom.